The molecule has 1 saturated heterocycles. The fourth-order valence-corrected chi connectivity index (χ4v) is 2.39. The number of nitrogens with one attached hydrogen (secondary N) is 1. The predicted molar refractivity (Wildman–Crippen MR) is 68.8 cm³/mol. The molecule has 0 radical (unpaired) electrons. The lowest BCUT2D eigenvalue weighted by Gasteiger charge is -2.31. The van der Waals surface area contributed by atoms with Gasteiger partial charge >= 0.3 is 0 Å². The highest BCUT2D eigenvalue weighted by atomic mass is 19.1. The number of ether oxygens (including phenoxy) is 1. The van der Waals surface area contributed by atoms with Crippen LogP contribution in [0.5, 0.6) is 0 Å². The van der Waals surface area contributed by atoms with Crippen molar-refractivity contribution in [3.8, 4) is 0 Å². The number of halogens is 1. The van der Waals surface area contributed by atoms with Crippen molar-refractivity contribution >= 4 is 0 Å². The molecule has 3 nitrogen and oxygen atoms in total. The van der Waals surface area contributed by atoms with Crippen LogP contribution in [0.3, 0.4) is 0 Å². The molecule has 2 atom stereocenters. The minimum absolute atomic E-state index is 0.0495. The molecule has 1 aliphatic rings. The zero-order valence-electron chi connectivity index (χ0n) is 10.9. The van der Waals surface area contributed by atoms with E-state index in [-0.39, 0.29) is 18.0 Å². The first-order chi connectivity index (χ1) is 8.81. The Kier molecular flexibility index (Phi) is 5.08. The van der Waals surface area contributed by atoms with Gasteiger partial charge in [-0.3, -0.25) is 4.98 Å². The smallest absolute Gasteiger partial charge is 0.141 e. The van der Waals surface area contributed by atoms with Crippen LogP contribution < -0.4 is 5.32 Å². The van der Waals surface area contributed by atoms with Gasteiger partial charge in [-0.15, -0.1) is 0 Å². The predicted octanol–water partition coefficient (Wildman–Crippen LogP) is 2.83. The SMILES string of the molecule is CCCNC(c1cncc(F)c1)C1CCCCO1. The first-order valence-electron chi connectivity index (χ1n) is 6.76. The maximum absolute atomic E-state index is 13.3. The van der Waals surface area contributed by atoms with Gasteiger partial charge in [0.15, 0.2) is 0 Å². The maximum atomic E-state index is 13.3. The van der Waals surface area contributed by atoms with E-state index in [4.69, 9.17) is 4.74 Å². The van der Waals surface area contributed by atoms with Crippen molar-refractivity contribution in [3.63, 3.8) is 0 Å². The number of hydrogen-bond donors (Lipinski definition) is 1. The second-order valence-corrected chi connectivity index (χ2v) is 4.77. The zero-order chi connectivity index (χ0) is 12.8. The van der Waals surface area contributed by atoms with Crippen molar-refractivity contribution in [3.05, 3.63) is 29.8 Å². The van der Waals surface area contributed by atoms with E-state index in [1.165, 1.54) is 12.6 Å². The van der Waals surface area contributed by atoms with Gasteiger partial charge in [-0.1, -0.05) is 6.92 Å². The van der Waals surface area contributed by atoms with E-state index < -0.39 is 0 Å². The molecule has 18 heavy (non-hydrogen) atoms. The second kappa shape index (κ2) is 6.81. The first kappa shape index (κ1) is 13.4. The Morgan fingerprint density at radius 3 is 3.06 bits per heavy atom. The minimum Gasteiger partial charge on any atom is -0.376 e. The lowest BCUT2D eigenvalue weighted by molar-refractivity contribution is -0.00827. The standard InChI is InChI=1S/C14H21FN2O/c1-2-6-17-14(13-5-3-4-7-18-13)11-8-12(15)10-16-9-11/h8-10,13-14,17H,2-7H2,1H3. The molecule has 0 amide bonds. The third-order valence-electron chi connectivity index (χ3n) is 3.29. The van der Waals surface area contributed by atoms with Gasteiger partial charge in [0.05, 0.1) is 18.3 Å². The highest BCUT2D eigenvalue weighted by Crippen LogP contribution is 2.26. The molecule has 2 unspecified atom stereocenters. The minimum atomic E-state index is -0.286. The summed E-state index contributed by atoms with van der Waals surface area (Å²) in [5.41, 5.74) is 0.885. The van der Waals surface area contributed by atoms with Crippen molar-refractivity contribution in [2.45, 2.75) is 44.8 Å². The van der Waals surface area contributed by atoms with Crippen LogP contribution in [-0.4, -0.2) is 24.2 Å². The van der Waals surface area contributed by atoms with Crippen molar-refractivity contribution in [2.24, 2.45) is 0 Å². The van der Waals surface area contributed by atoms with E-state index in [1.54, 1.807) is 12.3 Å². The van der Waals surface area contributed by atoms with E-state index >= 15 is 0 Å². The summed E-state index contributed by atoms with van der Waals surface area (Å²) in [6.07, 6.45) is 7.48. The van der Waals surface area contributed by atoms with Crippen LogP contribution >= 0.6 is 0 Å². The Morgan fingerprint density at radius 2 is 2.39 bits per heavy atom. The molecule has 1 aliphatic heterocycles. The van der Waals surface area contributed by atoms with Crippen LogP contribution in [0.15, 0.2) is 18.5 Å². The molecule has 1 aromatic heterocycles. The fourth-order valence-electron chi connectivity index (χ4n) is 2.39. The van der Waals surface area contributed by atoms with Gasteiger partial charge in [-0.25, -0.2) is 4.39 Å². The molecular formula is C14H21FN2O. The molecule has 0 saturated carbocycles. The summed E-state index contributed by atoms with van der Waals surface area (Å²) in [6.45, 7) is 3.83. The summed E-state index contributed by atoms with van der Waals surface area (Å²) < 4.78 is 19.1. The monoisotopic (exact) mass is 252 g/mol. The number of pyridine rings is 1. The molecule has 2 rings (SSSR count). The summed E-state index contributed by atoms with van der Waals surface area (Å²) in [5, 5.41) is 3.45. The molecule has 0 aliphatic carbocycles. The molecule has 2 heterocycles. The van der Waals surface area contributed by atoms with E-state index in [9.17, 15) is 4.39 Å². The molecule has 1 aromatic rings. The molecule has 1 fully saturated rings. The van der Waals surface area contributed by atoms with Crippen LogP contribution in [0.1, 0.15) is 44.2 Å². The van der Waals surface area contributed by atoms with Crippen molar-refractivity contribution in [2.75, 3.05) is 13.2 Å². The molecule has 100 valence electrons. The Hall–Kier alpha value is -1.00. The van der Waals surface area contributed by atoms with E-state index in [0.29, 0.717) is 0 Å². The molecule has 0 spiro atoms. The Labute approximate surface area is 108 Å². The number of rotatable bonds is 5. The first-order valence-corrected chi connectivity index (χ1v) is 6.76. The Balaban J connectivity index is 2.12. The fraction of sp³-hybridized carbons (Fsp3) is 0.643. The van der Waals surface area contributed by atoms with Gasteiger partial charge in [-0.05, 0) is 43.9 Å². The zero-order valence-corrected chi connectivity index (χ0v) is 10.9. The summed E-state index contributed by atoms with van der Waals surface area (Å²) >= 11 is 0. The molecule has 0 bridgehead atoms. The van der Waals surface area contributed by atoms with Crippen LogP contribution in [-0.2, 0) is 4.74 Å². The van der Waals surface area contributed by atoms with Gasteiger partial charge in [0, 0.05) is 12.8 Å². The van der Waals surface area contributed by atoms with Gasteiger partial charge < -0.3 is 10.1 Å². The maximum Gasteiger partial charge on any atom is 0.141 e. The summed E-state index contributed by atoms with van der Waals surface area (Å²) in [6, 6.07) is 1.60. The van der Waals surface area contributed by atoms with Crippen molar-refractivity contribution in [1.29, 1.82) is 0 Å². The second-order valence-electron chi connectivity index (χ2n) is 4.77. The number of hydrogen-bond acceptors (Lipinski definition) is 3. The van der Waals surface area contributed by atoms with E-state index in [2.05, 4.69) is 17.2 Å². The van der Waals surface area contributed by atoms with Gasteiger partial charge in [0.1, 0.15) is 5.82 Å². The van der Waals surface area contributed by atoms with Gasteiger partial charge in [0.2, 0.25) is 0 Å². The number of nitrogens with zero attached hydrogens (tertiary/aromatic N) is 1. The van der Waals surface area contributed by atoms with Crippen LogP contribution in [0.4, 0.5) is 4.39 Å². The van der Waals surface area contributed by atoms with E-state index in [0.717, 1.165) is 38.0 Å². The quantitative estimate of drug-likeness (QED) is 0.875. The lowest BCUT2D eigenvalue weighted by atomic mass is 9.96. The molecule has 0 aromatic carbocycles. The topological polar surface area (TPSA) is 34.2 Å². The summed E-state index contributed by atoms with van der Waals surface area (Å²) in [4.78, 5) is 3.94. The third-order valence-corrected chi connectivity index (χ3v) is 3.29. The van der Waals surface area contributed by atoms with E-state index in [1.807, 2.05) is 0 Å². The lowest BCUT2D eigenvalue weighted by Crippen LogP contribution is -2.36. The highest BCUT2D eigenvalue weighted by Gasteiger charge is 2.25. The highest BCUT2D eigenvalue weighted by molar-refractivity contribution is 5.17. The van der Waals surface area contributed by atoms with Gasteiger partial charge in [0.25, 0.3) is 0 Å². The van der Waals surface area contributed by atoms with Crippen LogP contribution in [0, 0.1) is 5.82 Å². The van der Waals surface area contributed by atoms with Crippen LogP contribution in [0.25, 0.3) is 0 Å². The van der Waals surface area contributed by atoms with Gasteiger partial charge in [-0.2, -0.15) is 0 Å². The molecular weight excluding hydrogens is 231 g/mol. The Bertz CT molecular complexity index is 367. The average molecular weight is 252 g/mol. The molecule has 1 N–H and O–H groups in total. The average Bonchev–Trinajstić information content (AvgIpc) is 2.40. The normalized spacial score (nSPS) is 21.8. The summed E-state index contributed by atoms with van der Waals surface area (Å²) in [7, 11) is 0. The van der Waals surface area contributed by atoms with Crippen molar-refractivity contribution in [1.82, 2.24) is 10.3 Å². The number of aromatic nitrogens is 1. The van der Waals surface area contributed by atoms with Crippen molar-refractivity contribution < 1.29 is 9.13 Å². The third kappa shape index (κ3) is 3.50. The largest absolute Gasteiger partial charge is 0.376 e. The van der Waals surface area contributed by atoms with Crippen LogP contribution in [0.2, 0.25) is 0 Å². The Morgan fingerprint density at radius 1 is 1.50 bits per heavy atom. The molecule has 4 heteroatoms. The summed E-state index contributed by atoms with van der Waals surface area (Å²) in [5.74, 6) is -0.286.